The Morgan fingerprint density at radius 2 is 1.18 bits per heavy atom. The summed E-state index contributed by atoms with van der Waals surface area (Å²) in [6.45, 7) is 28.8. The van der Waals surface area contributed by atoms with Crippen molar-refractivity contribution < 1.29 is 31.3 Å². The van der Waals surface area contributed by atoms with Crippen LogP contribution in [0.3, 0.4) is 0 Å². The first-order valence-corrected chi connectivity index (χ1v) is 25.5. The fraction of sp³-hybridized carbons (Fsp3) is 1.00. The molecule has 0 saturated carbocycles. The van der Waals surface area contributed by atoms with Crippen LogP contribution in [0.4, 0.5) is 0 Å². The molecule has 0 amide bonds. The average molecular weight is 651 g/mol. The minimum atomic E-state index is -2.50. The van der Waals surface area contributed by atoms with Crippen LogP contribution in [0.15, 0.2) is 0 Å². The smallest absolute Gasteiger partial charge is 0.326 e. The zero-order chi connectivity index (χ0) is 27.4. The van der Waals surface area contributed by atoms with Crippen LogP contribution < -0.4 is 0 Å². The molecule has 0 heterocycles. The maximum atomic E-state index is 6.82. The molecule has 0 radical (unpaired) electrons. The molecule has 40 heavy (non-hydrogen) atoms. The Kier molecular flexibility index (Phi) is 31.9. The maximum absolute atomic E-state index is 6.82. The van der Waals surface area contributed by atoms with Gasteiger partial charge < -0.3 is 31.3 Å². The van der Waals surface area contributed by atoms with Crippen molar-refractivity contribution in [3.05, 3.63) is 0 Å². The van der Waals surface area contributed by atoms with Crippen molar-refractivity contribution in [1.82, 2.24) is 0 Å². The fourth-order valence-corrected chi connectivity index (χ4v) is 19.2. The summed E-state index contributed by atoms with van der Waals surface area (Å²) in [5.41, 5.74) is 0. The lowest BCUT2D eigenvalue weighted by molar-refractivity contribution is -0.132. The van der Waals surface area contributed by atoms with Crippen molar-refractivity contribution in [2.24, 2.45) is 0 Å². The summed E-state index contributed by atoms with van der Waals surface area (Å²) in [5.74, 6) is -0.715. The van der Waals surface area contributed by atoms with Gasteiger partial charge in [0.25, 0.3) is 0 Å². The topological polar surface area (TPSA) is 64.6 Å². The van der Waals surface area contributed by atoms with Gasteiger partial charge in [0.15, 0.2) is 16.6 Å². The largest absolute Gasteiger partial charge is 0.436 e. The third kappa shape index (κ3) is 28.7. The first-order chi connectivity index (χ1) is 15.8. The van der Waals surface area contributed by atoms with E-state index in [9.17, 15) is 0 Å². The second-order valence-electron chi connectivity index (χ2n) is 12.2. The summed E-state index contributed by atoms with van der Waals surface area (Å²) in [4.78, 5) is 0. The summed E-state index contributed by atoms with van der Waals surface area (Å²) in [5, 5.41) is 0. The van der Waals surface area contributed by atoms with Gasteiger partial charge >= 0.3 is 17.1 Å². The van der Waals surface area contributed by atoms with E-state index in [-0.39, 0.29) is 43.2 Å². The minimum Gasteiger partial charge on any atom is -0.436 e. The standard InChI is InChI=1S/C24H58O7Si4.5CH4/c1-14-24(3,28-34(11,12)30-32(5,6)7)29-35(13,31-33(8,9)10)22-16-19-26-18-15-20-27-23(2)17-21-25-4;;;;;/h23H,14-22H2,1-13H3;5*1H4. The second-order valence-corrected chi connectivity index (χ2v) is 28.2. The van der Waals surface area contributed by atoms with Crippen molar-refractivity contribution in [1.29, 1.82) is 0 Å². The SMILES string of the molecule is C.C.C.C.C.CCC(C)(O[Si](C)(C)O[Si](C)(C)C)O[Si](C)(CCCOCCCOC(C)CCOC)O[Si](C)(C)C. The van der Waals surface area contributed by atoms with Crippen LogP contribution in [0.25, 0.3) is 0 Å². The van der Waals surface area contributed by atoms with Gasteiger partial charge in [-0.1, -0.05) is 44.1 Å². The zero-order valence-corrected chi connectivity index (χ0v) is 29.3. The summed E-state index contributed by atoms with van der Waals surface area (Å²) < 4.78 is 43.4. The molecule has 0 saturated heterocycles. The number of hydrogen-bond donors (Lipinski definition) is 0. The molecule has 0 N–H and O–H groups in total. The lowest BCUT2D eigenvalue weighted by Crippen LogP contribution is -2.57. The molecular formula is C29H78O7Si4. The van der Waals surface area contributed by atoms with E-state index in [1.54, 1.807) is 7.11 Å². The van der Waals surface area contributed by atoms with E-state index in [4.69, 9.17) is 31.3 Å². The predicted octanol–water partition coefficient (Wildman–Crippen LogP) is 10.0. The van der Waals surface area contributed by atoms with Crippen molar-refractivity contribution >= 4 is 33.8 Å². The Morgan fingerprint density at radius 3 is 1.62 bits per heavy atom. The minimum absolute atomic E-state index is 0. The van der Waals surface area contributed by atoms with E-state index in [2.05, 4.69) is 79.7 Å². The quantitative estimate of drug-likeness (QED) is 0.0696. The molecule has 0 aliphatic heterocycles. The molecular weight excluding hydrogens is 573 g/mol. The summed E-state index contributed by atoms with van der Waals surface area (Å²) in [6, 6.07) is 0.873. The Balaban J connectivity index is -0.000000578. The molecule has 252 valence electrons. The Bertz CT molecular complexity index is 572. The van der Waals surface area contributed by atoms with Gasteiger partial charge in [-0.15, -0.1) is 0 Å². The van der Waals surface area contributed by atoms with Gasteiger partial charge in [0.2, 0.25) is 0 Å². The highest BCUT2D eigenvalue weighted by Gasteiger charge is 2.46. The van der Waals surface area contributed by atoms with Gasteiger partial charge in [0.05, 0.1) is 6.10 Å². The molecule has 0 fully saturated rings. The van der Waals surface area contributed by atoms with Crippen LogP contribution in [0, 0.1) is 0 Å². The monoisotopic (exact) mass is 650 g/mol. The number of methoxy groups -OCH3 is 1. The van der Waals surface area contributed by atoms with Crippen LogP contribution in [-0.2, 0) is 31.3 Å². The maximum Gasteiger partial charge on any atom is 0.326 e. The summed E-state index contributed by atoms with van der Waals surface area (Å²) in [6.07, 6.45) is 3.69. The molecule has 7 nitrogen and oxygen atoms in total. The molecule has 0 aliphatic carbocycles. The highest BCUT2D eigenvalue weighted by atomic mass is 28.4. The van der Waals surface area contributed by atoms with E-state index >= 15 is 0 Å². The number of rotatable bonds is 21. The highest BCUT2D eigenvalue weighted by molar-refractivity contribution is 6.82. The Hall–Kier alpha value is 0.588. The number of hydrogen-bond acceptors (Lipinski definition) is 7. The first-order valence-electron chi connectivity index (χ1n) is 13.3. The third-order valence-corrected chi connectivity index (χ3v) is 16.7. The zero-order valence-electron chi connectivity index (χ0n) is 25.3. The molecule has 11 heteroatoms. The van der Waals surface area contributed by atoms with E-state index in [0.717, 1.165) is 38.3 Å². The van der Waals surface area contributed by atoms with E-state index < -0.39 is 39.5 Å². The molecule has 0 spiro atoms. The van der Waals surface area contributed by atoms with Gasteiger partial charge in [-0.05, 0) is 104 Å². The van der Waals surface area contributed by atoms with Gasteiger partial charge in [0.1, 0.15) is 5.79 Å². The molecule has 0 aromatic heterocycles. The van der Waals surface area contributed by atoms with Crippen LogP contribution >= 0.6 is 0 Å². The molecule has 3 atom stereocenters. The lowest BCUT2D eigenvalue weighted by atomic mass is 10.3. The highest BCUT2D eigenvalue weighted by Crippen LogP contribution is 2.32. The van der Waals surface area contributed by atoms with Crippen LogP contribution in [0.5, 0.6) is 0 Å². The van der Waals surface area contributed by atoms with Gasteiger partial charge in [-0.3, -0.25) is 0 Å². The fourth-order valence-electron chi connectivity index (χ4n) is 4.08. The van der Waals surface area contributed by atoms with Crippen molar-refractivity contribution in [3.8, 4) is 0 Å². The van der Waals surface area contributed by atoms with Crippen LogP contribution in [-0.4, -0.2) is 79.2 Å². The van der Waals surface area contributed by atoms with Gasteiger partial charge in [0, 0.05) is 33.5 Å². The average Bonchev–Trinajstić information content (AvgIpc) is 2.64. The van der Waals surface area contributed by atoms with E-state index in [1.807, 2.05) is 0 Å². The normalized spacial score (nSPS) is 15.5. The second kappa shape index (κ2) is 24.0. The van der Waals surface area contributed by atoms with E-state index in [0.29, 0.717) is 19.8 Å². The molecule has 3 unspecified atom stereocenters. The van der Waals surface area contributed by atoms with Crippen LogP contribution in [0.1, 0.15) is 83.6 Å². The summed E-state index contributed by atoms with van der Waals surface area (Å²) in [7, 11) is -6.67. The Morgan fingerprint density at radius 1 is 0.675 bits per heavy atom. The molecule has 0 aliphatic rings. The molecule has 0 aromatic carbocycles. The van der Waals surface area contributed by atoms with Crippen molar-refractivity contribution in [3.63, 3.8) is 0 Å². The van der Waals surface area contributed by atoms with Crippen LogP contribution in [0.2, 0.25) is 65.0 Å². The van der Waals surface area contributed by atoms with Gasteiger partial charge in [-0.25, -0.2) is 0 Å². The molecule has 0 rings (SSSR count). The Labute approximate surface area is 258 Å². The molecule has 0 bridgehead atoms. The molecule has 0 aromatic rings. The summed E-state index contributed by atoms with van der Waals surface area (Å²) >= 11 is 0. The number of ether oxygens (including phenoxy) is 3. The van der Waals surface area contributed by atoms with Crippen molar-refractivity contribution in [2.75, 3.05) is 33.5 Å². The van der Waals surface area contributed by atoms with Crippen molar-refractivity contribution in [2.45, 2.75) is 160 Å². The lowest BCUT2D eigenvalue weighted by Gasteiger charge is -2.45. The predicted molar refractivity (Wildman–Crippen MR) is 189 cm³/mol. The van der Waals surface area contributed by atoms with E-state index in [1.165, 1.54) is 0 Å². The third-order valence-electron chi connectivity index (χ3n) is 5.09. The first kappa shape index (κ1) is 53.2. The van der Waals surface area contributed by atoms with Gasteiger partial charge in [-0.2, -0.15) is 0 Å².